The molecule has 1 aromatic carbocycles. The lowest BCUT2D eigenvalue weighted by atomic mass is 10.1. The van der Waals surface area contributed by atoms with Crippen LogP contribution in [0.2, 0.25) is 0 Å². The van der Waals surface area contributed by atoms with Crippen LogP contribution in [0.1, 0.15) is 5.56 Å². The third-order valence-corrected chi connectivity index (χ3v) is 5.71. The van der Waals surface area contributed by atoms with Crippen molar-refractivity contribution in [3.8, 4) is 0 Å². The highest BCUT2D eigenvalue weighted by molar-refractivity contribution is 8.03. The van der Waals surface area contributed by atoms with Gasteiger partial charge in [0.2, 0.25) is 0 Å². The molecule has 1 fully saturated rings. The summed E-state index contributed by atoms with van der Waals surface area (Å²) in [5.41, 5.74) is 1.54. The summed E-state index contributed by atoms with van der Waals surface area (Å²) in [5.74, 6) is 1.27. The van der Waals surface area contributed by atoms with Crippen LogP contribution in [-0.4, -0.2) is 29.5 Å². The molecule has 2 aliphatic heterocycles. The Morgan fingerprint density at radius 1 is 1.33 bits per heavy atom. The summed E-state index contributed by atoms with van der Waals surface area (Å²) in [6, 6.07) is 8.80. The third-order valence-electron chi connectivity index (χ3n) is 2.84. The third kappa shape index (κ3) is 2.19. The molecule has 2 heterocycles. The minimum atomic E-state index is 0.773. The van der Waals surface area contributed by atoms with Gasteiger partial charge in [0.1, 0.15) is 0 Å². The van der Waals surface area contributed by atoms with Crippen molar-refractivity contribution in [1.82, 2.24) is 0 Å². The Bertz CT molecular complexity index is 324. The number of hydrogen-bond acceptors (Lipinski definition) is 3. The molecule has 0 saturated carbocycles. The standard InChI is InChI=1S/C12H14OS2/c1-2-4-12-9(3-1)5-10(15-12)8-14-11-6-13-7-11/h1-4,10-11H,5-8H2. The fraction of sp³-hybridized carbons (Fsp3) is 0.500. The molecule has 3 rings (SSSR count). The van der Waals surface area contributed by atoms with Gasteiger partial charge in [0.15, 0.2) is 0 Å². The second-order valence-corrected chi connectivity index (χ2v) is 6.72. The van der Waals surface area contributed by atoms with Crippen LogP contribution < -0.4 is 0 Å². The predicted octanol–water partition coefficient (Wildman–Crippen LogP) is 2.84. The molecule has 2 aliphatic rings. The van der Waals surface area contributed by atoms with E-state index in [9.17, 15) is 0 Å². The summed E-state index contributed by atoms with van der Waals surface area (Å²) in [4.78, 5) is 1.49. The van der Waals surface area contributed by atoms with E-state index in [1.54, 1.807) is 0 Å². The van der Waals surface area contributed by atoms with Crippen LogP contribution in [0.4, 0.5) is 0 Å². The van der Waals surface area contributed by atoms with Gasteiger partial charge in [-0.15, -0.1) is 11.8 Å². The fourth-order valence-corrected chi connectivity index (χ4v) is 4.48. The first-order valence-electron chi connectivity index (χ1n) is 5.36. The van der Waals surface area contributed by atoms with Crippen molar-refractivity contribution < 1.29 is 4.74 Å². The average molecular weight is 238 g/mol. The van der Waals surface area contributed by atoms with E-state index in [1.807, 2.05) is 0 Å². The Morgan fingerprint density at radius 2 is 2.20 bits per heavy atom. The lowest BCUT2D eigenvalue weighted by Crippen LogP contribution is -2.31. The minimum absolute atomic E-state index is 0.773. The van der Waals surface area contributed by atoms with Crippen LogP contribution in [0.15, 0.2) is 29.2 Å². The summed E-state index contributed by atoms with van der Waals surface area (Å²) in [6.45, 7) is 1.93. The second kappa shape index (κ2) is 4.40. The zero-order valence-electron chi connectivity index (χ0n) is 8.52. The molecule has 0 spiro atoms. The van der Waals surface area contributed by atoms with Gasteiger partial charge < -0.3 is 4.74 Å². The maximum Gasteiger partial charge on any atom is 0.0607 e. The number of thioether (sulfide) groups is 2. The Kier molecular flexibility index (Phi) is 2.95. The van der Waals surface area contributed by atoms with Crippen molar-refractivity contribution in [3.05, 3.63) is 29.8 Å². The molecule has 80 valence electrons. The van der Waals surface area contributed by atoms with E-state index < -0.39 is 0 Å². The first-order chi connectivity index (χ1) is 7.42. The van der Waals surface area contributed by atoms with E-state index in [-0.39, 0.29) is 0 Å². The van der Waals surface area contributed by atoms with E-state index >= 15 is 0 Å². The van der Waals surface area contributed by atoms with Gasteiger partial charge in [0, 0.05) is 15.9 Å². The zero-order valence-corrected chi connectivity index (χ0v) is 10.2. The van der Waals surface area contributed by atoms with Gasteiger partial charge in [-0.1, -0.05) is 18.2 Å². The van der Waals surface area contributed by atoms with Crippen molar-refractivity contribution in [3.63, 3.8) is 0 Å². The van der Waals surface area contributed by atoms with Gasteiger partial charge in [-0.05, 0) is 18.1 Å². The Balaban J connectivity index is 1.54. The summed E-state index contributed by atoms with van der Waals surface area (Å²) < 4.78 is 5.18. The number of hydrogen-bond donors (Lipinski definition) is 0. The highest BCUT2D eigenvalue weighted by Crippen LogP contribution is 2.39. The smallest absolute Gasteiger partial charge is 0.0607 e. The van der Waals surface area contributed by atoms with E-state index in [0.29, 0.717) is 0 Å². The van der Waals surface area contributed by atoms with E-state index in [2.05, 4.69) is 47.8 Å². The first-order valence-corrected chi connectivity index (χ1v) is 7.28. The number of fused-ring (bicyclic) bond motifs is 1. The monoisotopic (exact) mass is 238 g/mol. The van der Waals surface area contributed by atoms with Gasteiger partial charge in [-0.25, -0.2) is 0 Å². The number of benzene rings is 1. The normalized spacial score (nSPS) is 24.9. The van der Waals surface area contributed by atoms with Gasteiger partial charge in [-0.3, -0.25) is 0 Å². The molecule has 0 amide bonds. The molecule has 0 radical (unpaired) electrons. The van der Waals surface area contributed by atoms with E-state index in [1.165, 1.54) is 22.6 Å². The summed E-state index contributed by atoms with van der Waals surface area (Å²) in [5, 5.41) is 1.56. The maximum absolute atomic E-state index is 5.18. The molecular weight excluding hydrogens is 224 g/mol. The number of ether oxygens (including phenoxy) is 1. The molecule has 0 bridgehead atoms. The van der Waals surface area contributed by atoms with Gasteiger partial charge >= 0.3 is 0 Å². The summed E-state index contributed by atoms with van der Waals surface area (Å²) in [7, 11) is 0. The second-order valence-electron chi connectivity index (χ2n) is 4.04. The van der Waals surface area contributed by atoms with Crippen LogP contribution in [0.3, 0.4) is 0 Å². The zero-order chi connectivity index (χ0) is 10.1. The predicted molar refractivity (Wildman–Crippen MR) is 66.9 cm³/mol. The molecular formula is C12H14OS2. The van der Waals surface area contributed by atoms with Gasteiger partial charge in [-0.2, -0.15) is 11.8 Å². The SMILES string of the molecule is c1ccc2c(c1)CC(CSC1COC1)S2. The molecule has 15 heavy (non-hydrogen) atoms. The summed E-state index contributed by atoms with van der Waals surface area (Å²) in [6.07, 6.45) is 1.25. The van der Waals surface area contributed by atoms with Gasteiger partial charge in [0.05, 0.1) is 18.5 Å². The van der Waals surface area contributed by atoms with Crippen LogP contribution in [0.25, 0.3) is 0 Å². The largest absolute Gasteiger partial charge is 0.379 e. The highest BCUT2D eigenvalue weighted by atomic mass is 32.2. The van der Waals surface area contributed by atoms with Crippen LogP contribution in [0.5, 0.6) is 0 Å². The van der Waals surface area contributed by atoms with Crippen molar-refractivity contribution in [2.45, 2.75) is 21.8 Å². The van der Waals surface area contributed by atoms with Crippen molar-refractivity contribution >= 4 is 23.5 Å². The Labute approximate surface area is 99.0 Å². The van der Waals surface area contributed by atoms with Crippen molar-refractivity contribution in [2.24, 2.45) is 0 Å². The van der Waals surface area contributed by atoms with Crippen molar-refractivity contribution in [2.75, 3.05) is 19.0 Å². The topological polar surface area (TPSA) is 9.23 Å². The summed E-state index contributed by atoms with van der Waals surface area (Å²) >= 11 is 4.14. The quantitative estimate of drug-likeness (QED) is 0.801. The lowest BCUT2D eigenvalue weighted by Gasteiger charge is -2.26. The van der Waals surface area contributed by atoms with Crippen LogP contribution in [-0.2, 0) is 11.2 Å². The molecule has 0 aromatic heterocycles. The van der Waals surface area contributed by atoms with Crippen LogP contribution >= 0.6 is 23.5 Å². The van der Waals surface area contributed by atoms with E-state index in [4.69, 9.17) is 4.74 Å². The molecule has 0 N–H and O–H groups in total. The van der Waals surface area contributed by atoms with Crippen molar-refractivity contribution in [1.29, 1.82) is 0 Å². The Hall–Kier alpha value is -0.120. The molecule has 1 saturated heterocycles. The first kappa shape index (κ1) is 10.1. The molecule has 1 unspecified atom stereocenters. The molecule has 1 aromatic rings. The lowest BCUT2D eigenvalue weighted by molar-refractivity contribution is 0.0455. The average Bonchev–Trinajstić information content (AvgIpc) is 2.57. The van der Waals surface area contributed by atoms with Crippen LogP contribution in [0, 0.1) is 0 Å². The molecule has 1 nitrogen and oxygen atoms in total. The minimum Gasteiger partial charge on any atom is -0.379 e. The fourth-order valence-electron chi connectivity index (χ4n) is 1.90. The number of rotatable bonds is 3. The maximum atomic E-state index is 5.18. The van der Waals surface area contributed by atoms with E-state index in [0.717, 1.165) is 23.7 Å². The molecule has 3 heteroatoms. The Morgan fingerprint density at radius 3 is 2.93 bits per heavy atom. The van der Waals surface area contributed by atoms with Gasteiger partial charge in [0.25, 0.3) is 0 Å². The highest BCUT2D eigenvalue weighted by Gasteiger charge is 2.25. The molecule has 1 atom stereocenters. The molecule has 0 aliphatic carbocycles.